The molecular formula is C22H42N2O4S2. The molecule has 2 aliphatic rings. The third-order valence-electron chi connectivity index (χ3n) is 5.46. The number of amides is 1. The van der Waals surface area contributed by atoms with Gasteiger partial charge in [0.05, 0.1) is 6.61 Å². The van der Waals surface area contributed by atoms with Crippen molar-refractivity contribution >= 4 is 33.5 Å². The van der Waals surface area contributed by atoms with Gasteiger partial charge in [0.25, 0.3) is 0 Å². The Kier molecular flexibility index (Phi) is 14.1. The number of aliphatic carboxylic acids is 1. The molecular weight excluding hydrogens is 420 g/mol. The molecule has 176 valence electrons. The van der Waals surface area contributed by atoms with E-state index in [4.69, 9.17) is 10.2 Å². The fourth-order valence-electron chi connectivity index (χ4n) is 3.63. The summed E-state index contributed by atoms with van der Waals surface area (Å²) >= 11 is 0. The monoisotopic (exact) mass is 462 g/mol. The Labute approximate surface area is 190 Å². The molecule has 30 heavy (non-hydrogen) atoms. The van der Waals surface area contributed by atoms with E-state index in [-0.39, 0.29) is 18.3 Å². The van der Waals surface area contributed by atoms with Crippen LogP contribution < -0.4 is 10.6 Å². The summed E-state index contributed by atoms with van der Waals surface area (Å²) in [4.78, 5) is 22.6. The minimum absolute atomic E-state index is 0.0593. The van der Waals surface area contributed by atoms with Crippen molar-refractivity contribution in [1.82, 2.24) is 10.6 Å². The fourth-order valence-corrected chi connectivity index (χ4v) is 5.56. The molecule has 0 saturated heterocycles. The standard InChI is InChI=1S/C12H23N.C10H19NO4S2/c1-3-7-11(8-4-1)13-12-9-5-2-6-10-12;1-10(2,3)9(15)11-7(8(13)14)6-17-16-5-4-12/h11-13H,1-10H2;7,12H,4-6H2,1-3H3,(H,11,15)(H,13,14). The van der Waals surface area contributed by atoms with Crippen LogP contribution in [0.3, 0.4) is 0 Å². The lowest BCUT2D eigenvalue weighted by molar-refractivity contribution is -0.142. The van der Waals surface area contributed by atoms with Gasteiger partial charge in [-0.25, -0.2) is 4.79 Å². The predicted octanol–water partition coefficient (Wildman–Crippen LogP) is 4.22. The van der Waals surface area contributed by atoms with E-state index in [0.29, 0.717) is 5.75 Å². The van der Waals surface area contributed by atoms with Gasteiger partial charge in [0, 0.05) is 29.0 Å². The average molecular weight is 463 g/mol. The van der Waals surface area contributed by atoms with Crippen molar-refractivity contribution in [3.05, 3.63) is 0 Å². The minimum atomic E-state index is -1.04. The number of hydrogen-bond donors (Lipinski definition) is 4. The van der Waals surface area contributed by atoms with Gasteiger partial charge >= 0.3 is 5.97 Å². The average Bonchev–Trinajstić information content (AvgIpc) is 2.71. The number of aliphatic hydroxyl groups is 1. The second-order valence-electron chi connectivity index (χ2n) is 9.28. The highest BCUT2D eigenvalue weighted by Crippen LogP contribution is 2.23. The maximum Gasteiger partial charge on any atom is 0.327 e. The van der Waals surface area contributed by atoms with Crippen molar-refractivity contribution in [3.63, 3.8) is 0 Å². The van der Waals surface area contributed by atoms with Crippen LogP contribution in [0.25, 0.3) is 0 Å². The highest BCUT2D eigenvalue weighted by molar-refractivity contribution is 8.76. The number of carbonyl (C=O) groups excluding carboxylic acids is 1. The van der Waals surface area contributed by atoms with Gasteiger partial charge in [-0.2, -0.15) is 0 Å². The third kappa shape index (κ3) is 12.4. The van der Waals surface area contributed by atoms with E-state index in [9.17, 15) is 9.59 Å². The van der Waals surface area contributed by atoms with Gasteiger partial charge in [-0.3, -0.25) is 4.79 Å². The van der Waals surface area contributed by atoms with E-state index in [1.165, 1.54) is 85.8 Å². The van der Waals surface area contributed by atoms with Crippen LogP contribution >= 0.6 is 21.6 Å². The summed E-state index contributed by atoms with van der Waals surface area (Å²) in [5.41, 5.74) is -0.601. The first-order valence-electron chi connectivity index (χ1n) is 11.4. The van der Waals surface area contributed by atoms with Crippen LogP contribution in [0.1, 0.15) is 85.0 Å². The number of carboxylic acid groups (broad SMARTS) is 1. The smallest absolute Gasteiger partial charge is 0.327 e. The lowest BCUT2D eigenvalue weighted by Gasteiger charge is -2.30. The Morgan fingerprint density at radius 2 is 1.43 bits per heavy atom. The Balaban J connectivity index is 0.000000308. The molecule has 2 saturated carbocycles. The maximum atomic E-state index is 11.6. The number of nitrogens with one attached hydrogen (secondary N) is 2. The fraction of sp³-hybridized carbons (Fsp3) is 0.909. The molecule has 0 spiro atoms. The summed E-state index contributed by atoms with van der Waals surface area (Å²) in [6, 6.07) is 0.853. The Morgan fingerprint density at radius 1 is 0.933 bits per heavy atom. The number of carbonyl (C=O) groups is 2. The molecule has 6 nitrogen and oxygen atoms in total. The van der Waals surface area contributed by atoms with Crippen LogP contribution in [-0.2, 0) is 9.59 Å². The van der Waals surface area contributed by atoms with Crippen LogP contribution in [0, 0.1) is 5.41 Å². The van der Waals surface area contributed by atoms with E-state index in [1.807, 2.05) is 0 Å². The predicted molar refractivity (Wildman–Crippen MR) is 128 cm³/mol. The van der Waals surface area contributed by atoms with Crippen LogP contribution in [0.15, 0.2) is 0 Å². The van der Waals surface area contributed by atoms with Crippen molar-refractivity contribution in [2.75, 3.05) is 18.1 Å². The molecule has 2 rings (SSSR count). The van der Waals surface area contributed by atoms with Crippen LogP contribution in [0.4, 0.5) is 0 Å². The van der Waals surface area contributed by atoms with E-state index in [1.54, 1.807) is 20.8 Å². The number of hydrogen-bond acceptors (Lipinski definition) is 6. The molecule has 0 aliphatic heterocycles. The van der Waals surface area contributed by atoms with E-state index < -0.39 is 17.4 Å². The number of rotatable bonds is 9. The molecule has 8 heteroatoms. The van der Waals surface area contributed by atoms with Crippen molar-refractivity contribution in [2.24, 2.45) is 5.41 Å². The molecule has 1 atom stereocenters. The van der Waals surface area contributed by atoms with Gasteiger partial charge in [-0.1, -0.05) is 80.9 Å². The zero-order valence-electron chi connectivity index (χ0n) is 19.0. The van der Waals surface area contributed by atoms with Gasteiger partial charge in [0.2, 0.25) is 5.91 Å². The largest absolute Gasteiger partial charge is 0.480 e. The zero-order chi connectivity index (χ0) is 22.4. The van der Waals surface area contributed by atoms with Gasteiger partial charge in [0.15, 0.2) is 0 Å². The normalized spacial score (nSPS) is 19.5. The first kappa shape index (κ1) is 27.6. The van der Waals surface area contributed by atoms with Gasteiger partial charge in [0.1, 0.15) is 6.04 Å². The van der Waals surface area contributed by atoms with Crippen LogP contribution in [-0.4, -0.2) is 58.3 Å². The SMILES string of the molecule is C1CCC(NC2CCCCC2)CC1.CC(C)(C)C(=O)NC(CSSCCO)C(=O)O. The Bertz CT molecular complexity index is 472. The first-order valence-corrected chi connectivity index (χ1v) is 13.9. The molecule has 0 aromatic rings. The third-order valence-corrected chi connectivity index (χ3v) is 7.85. The summed E-state index contributed by atoms with van der Waals surface area (Å²) in [5.74, 6) is -0.496. The van der Waals surface area contributed by atoms with Crippen molar-refractivity contribution in [2.45, 2.75) is 103 Å². The highest BCUT2D eigenvalue weighted by Gasteiger charge is 2.27. The van der Waals surface area contributed by atoms with Crippen molar-refractivity contribution < 1.29 is 19.8 Å². The second kappa shape index (κ2) is 15.4. The van der Waals surface area contributed by atoms with Gasteiger partial charge in [-0.05, 0) is 25.7 Å². The molecule has 0 heterocycles. The molecule has 0 aromatic carbocycles. The molecule has 2 fully saturated rings. The lowest BCUT2D eigenvalue weighted by atomic mass is 9.91. The van der Waals surface area contributed by atoms with Crippen molar-refractivity contribution in [3.8, 4) is 0 Å². The second-order valence-corrected chi connectivity index (χ2v) is 11.9. The molecule has 0 aromatic heterocycles. The summed E-state index contributed by atoms with van der Waals surface area (Å²) in [7, 11) is 2.71. The highest BCUT2D eigenvalue weighted by atomic mass is 33.1. The molecule has 0 radical (unpaired) electrons. The Hall–Kier alpha value is -0.440. The molecule has 0 bridgehead atoms. The molecule has 1 amide bonds. The van der Waals surface area contributed by atoms with Crippen LogP contribution in [0.2, 0.25) is 0 Å². The number of carboxylic acids is 1. The number of aliphatic hydroxyl groups excluding tert-OH is 1. The summed E-state index contributed by atoms with van der Waals surface area (Å²) in [6.07, 6.45) is 14.6. The quantitative estimate of drug-likeness (QED) is 0.301. The topological polar surface area (TPSA) is 98.7 Å². The van der Waals surface area contributed by atoms with E-state index >= 15 is 0 Å². The van der Waals surface area contributed by atoms with E-state index in [0.717, 1.165) is 12.1 Å². The van der Waals surface area contributed by atoms with E-state index in [2.05, 4.69) is 10.6 Å². The van der Waals surface area contributed by atoms with Crippen LogP contribution in [0.5, 0.6) is 0 Å². The summed E-state index contributed by atoms with van der Waals surface area (Å²) in [6.45, 7) is 5.25. The molecule has 1 unspecified atom stereocenters. The maximum absolute atomic E-state index is 11.6. The first-order chi connectivity index (χ1) is 14.2. The Morgan fingerprint density at radius 3 is 1.83 bits per heavy atom. The van der Waals surface area contributed by atoms with Gasteiger partial charge < -0.3 is 20.8 Å². The molecule has 2 aliphatic carbocycles. The molecule has 4 N–H and O–H groups in total. The lowest BCUT2D eigenvalue weighted by Crippen LogP contribution is -2.47. The summed E-state index contributed by atoms with van der Waals surface area (Å²) < 4.78 is 0. The zero-order valence-corrected chi connectivity index (χ0v) is 20.6. The summed E-state index contributed by atoms with van der Waals surface area (Å²) in [5, 5.41) is 23.9. The van der Waals surface area contributed by atoms with Crippen molar-refractivity contribution in [1.29, 1.82) is 0 Å². The minimum Gasteiger partial charge on any atom is -0.480 e. The van der Waals surface area contributed by atoms with Gasteiger partial charge in [-0.15, -0.1) is 0 Å².